The molecule has 2 amide bonds. The molecule has 8 heteroatoms. The predicted molar refractivity (Wildman–Crippen MR) is 82.7 cm³/mol. The van der Waals surface area contributed by atoms with Crippen molar-refractivity contribution in [2.75, 3.05) is 26.8 Å². The molecule has 0 aliphatic rings. The Morgan fingerprint density at radius 2 is 1.91 bits per heavy atom. The molecule has 0 fully saturated rings. The van der Waals surface area contributed by atoms with E-state index in [4.69, 9.17) is 9.47 Å². The molecule has 120 valence electrons. The molecule has 0 atom stereocenters. The van der Waals surface area contributed by atoms with Crippen LogP contribution in [0.25, 0.3) is 0 Å². The molecule has 1 aromatic rings. The molecule has 0 spiro atoms. The van der Waals surface area contributed by atoms with Crippen LogP contribution in [0.15, 0.2) is 22.7 Å². The second-order valence-corrected chi connectivity index (χ2v) is 5.01. The number of hydrogen-bond donors (Lipinski definition) is 2. The summed E-state index contributed by atoms with van der Waals surface area (Å²) in [6.45, 7) is 1.64. The van der Waals surface area contributed by atoms with Gasteiger partial charge in [0.1, 0.15) is 5.75 Å². The standard InChI is InChI=1S/C14H17BrN2O5/c1-3-16-12(18)7-17-13(19)8-22-14(20)9-4-5-11(21-2)10(15)6-9/h4-6H,3,7-8H2,1-2H3,(H,16,18)(H,17,19). The van der Waals surface area contributed by atoms with Crippen molar-refractivity contribution >= 4 is 33.7 Å². The van der Waals surface area contributed by atoms with Crippen LogP contribution in [-0.4, -0.2) is 44.6 Å². The first-order valence-electron chi connectivity index (χ1n) is 6.52. The zero-order chi connectivity index (χ0) is 16.5. The first-order chi connectivity index (χ1) is 10.5. The van der Waals surface area contributed by atoms with Gasteiger partial charge in [0.25, 0.3) is 5.91 Å². The smallest absolute Gasteiger partial charge is 0.338 e. The Labute approximate surface area is 136 Å². The van der Waals surface area contributed by atoms with E-state index in [0.717, 1.165) is 0 Å². The van der Waals surface area contributed by atoms with Gasteiger partial charge in [-0.15, -0.1) is 0 Å². The molecule has 0 radical (unpaired) electrons. The van der Waals surface area contributed by atoms with E-state index in [2.05, 4.69) is 26.6 Å². The van der Waals surface area contributed by atoms with E-state index in [9.17, 15) is 14.4 Å². The van der Waals surface area contributed by atoms with Crippen molar-refractivity contribution in [2.45, 2.75) is 6.92 Å². The summed E-state index contributed by atoms with van der Waals surface area (Å²) in [5.41, 5.74) is 0.282. The van der Waals surface area contributed by atoms with Crippen molar-refractivity contribution in [3.63, 3.8) is 0 Å². The zero-order valence-electron chi connectivity index (χ0n) is 12.3. The van der Waals surface area contributed by atoms with Gasteiger partial charge in [-0.2, -0.15) is 0 Å². The van der Waals surface area contributed by atoms with Gasteiger partial charge >= 0.3 is 5.97 Å². The van der Waals surface area contributed by atoms with Crippen LogP contribution in [0.2, 0.25) is 0 Å². The summed E-state index contributed by atoms with van der Waals surface area (Å²) < 4.78 is 10.5. The minimum absolute atomic E-state index is 0.154. The minimum atomic E-state index is -0.642. The largest absolute Gasteiger partial charge is 0.496 e. The highest BCUT2D eigenvalue weighted by Gasteiger charge is 2.12. The van der Waals surface area contributed by atoms with E-state index in [1.807, 2.05) is 0 Å². The number of esters is 1. The molecule has 22 heavy (non-hydrogen) atoms. The minimum Gasteiger partial charge on any atom is -0.496 e. The number of hydrogen-bond acceptors (Lipinski definition) is 5. The summed E-state index contributed by atoms with van der Waals surface area (Å²) >= 11 is 3.25. The van der Waals surface area contributed by atoms with Crippen LogP contribution in [0.3, 0.4) is 0 Å². The van der Waals surface area contributed by atoms with Gasteiger partial charge in [0, 0.05) is 6.54 Å². The molecule has 0 aromatic heterocycles. The third-order valence-electron chi connectivity index (χ3n) is 2.54. The molecule has 0 saturated heterocycles. The van der Waals surface area contributed by atoms with E-state index in [-0.39, 0.29) is 18.0 Å². The van der Waals surface area contributed by atoms with Gasteiger partial charge in [-0.05, 0) is 41.1 Å². The van der Waals surface area contributed by atoms with E-state index < -0.39 is 18.5 Å². The molecule has 0 aliphatic heterocycles. The molecular formula is C14H17BrN2O5. The summed E-state index contributed by atoms with van der Waals surface area (Å²) in [7, 11) is 1.51. The topological polar surface area (TPSA) is 93.7 Å². The molecule has 0 heterocycles. The summed E-state index contributed by atoms with van der Waals surface area (Å²) in [6, 6.07) is 4.67. The Bertz CT molecular complexity index is 562. The van der Waals surface area contributed by atoms with Crippen LogP contribution in [-0.2, 0) is 14.3 Å². The Balaban J connectivity index is 2.44. The van der Waals surface area contributed by atoms with Crippen molar-refractivity contribution in [3.8, 4) is 5.75 Å². The van der Waals surface area contributed by atoms with Gasteiger partial charge in [0.15, 0.2) is 6.61 Å². The molecule has 0 saturated carbocycles. The maximum absolute atomic E-state index is 11.8. The van der Waals surface area contributed by atoms with Crippen LogP contribution in [0.5, 0.6) is 5.75 Å². The lowest BCUT2D eigenvalue weighted by Gasteiger charge is -2.08. The van der Waals surface area contributed by atoms with E-state index in [1.165, 1.54) is 19.2 Å². The molecular weight excluding hydrogens is 356 g/mol. The number of amides is 2. The van der Waals surface area contributed by atoms with E-state index in [0.29, 0.717) is 16.8 Å². The summed E-state index contributed by atoms with van der Waals surface area (Å²) in [4.78, 5) is 34.4. The van der Waals surface area contributed by atoms with Crippen LogP contribution < -0.4 is 15.4 Å². The molecule has 1 aromatic carbocycles. The fourth-order valence-corrected chi connectivity index (χ4v) is 2.04. The Hall–Kier alpha value is -2.09. The van der Waals surface area contributed by atoms with Crippen molar-refractivity contribution < 1.29 is 23.9 Å². The predicted octanol–water partition coefficient (Wildman–Crippen LogP) is 0.867. The van der Waals surface area contributed by atoms with Gasteiger partial charge in [-0.25, -0.2) is 4.79 Å². The summed E-state index contributed by atoms with van der Waals surface area (Å²) in [5.74, 6) is -0.916. The van der Waals surface area contributed by atoms with Gasteiger partial charge in [0.2, 0.25) is 5.91 Å². The third-order valence-corrected chi connectivity index (χ3v) is 3.16. The van der Waals surface area contributed by atoms with Gasteiger partial charge < -0.3 is 20.1 Å². The lowest BCUT2D eigenvalue weighted by molar-refractivity contribution is -0.127. The zero-order valence-corrected chi connectivity index (χ0v) is 13.9. The number of nitrogens with one attached hydrogen (secondary N) is 2. The number of likely N-dealkylation sites (N-methyl/N-ethyl adjacent to an activating group) is 1. The summed E-state index contributed by atoms with van der Waals surface area (Å²) in [5, 5.41) is 4.88. The Kier molecular flexibility index (Phi) is 7.38. The van der Waals surface area contributed by atoms with Crippen LogP contribution in [0.1, 0.15) is 17.3 Å². The SMILES string of the molecule is CCNC(=O)CNC(=O)COC(=O)c1ccc(OC)c(Br)c1. The monoisotopic (exact) mass is 372 g/mol. The van der Waals surface area contributed by atoms with Crippen molar-refractivity contribution in [1.82, 2.24) is 10.6 Å². The fraction of sp³-hybridized carbons (Fsp3) is 0.357. The van der Waals surface area contributed by atoms with Crippen LogP contribution >= 0.6 is 15.9 Å². The summed E-state index contributed by atoms with van der Waals surface area (Å²) in [6.07, 6.45) is 0. The molecule has 0 bridgehead atoms. The molecule has 1 rings (SSSR count). The average molecular weight is 373 g/mol. The van der Waals surface area contributed by atoms with Crippen molar-refractivity contribution in [2.24, 2.45) is 0 Å². The average Bonchev–Trinajstić information content (AvgIpc) is 2.50. The quantitative estimate of drug-likeness (QED) is 0.692. The highest BCUT2D eigenvalue weighted by molar-refractivity contribution is 9.10. The number of benzene rings is 1. The van der Waals surface area contributed by atoms with Crippen LogP contribution in [0, 0.1) is 0 Å². The Morgan fingerprint density at radius 1 is 1.18 bits per heavy atom. The Morgan fingerprint density at radius 3 is 2.50 bits per heavy atom. The highest BCUT2D eigenvalue weighted by atomic mass is 79.9. The van der Waals surface area contributed by atoms with E-state index in [1.54, 1.807) is 13.0 Å². The van der Waals surface area contributed by atoms with Gasteiger partial charge in [-0.1, -0.05) is 0 Å². The maximum atomic E-state index is 11.8. The maximum Gasteiger partial charge on any atom is 0.338 e. The van der Waals surface area contributed by atoms with Crippen molar-refractivity contribution in [1.29, 1.82) is 0 Å². The van der Waals surface area contributed by atoms with Gasteiger partial charge in [0.05, 0.1) is 23.7 Å². The van der Waals surface area contributed by atoms with Gasteiger partial charge in [-0.3, -0.25) is 9.59 Å². The second kappa shape index (κ2) is 9.04. The van der Waals surface area contributed by atoms with E-state index >= 15 is 0 Å². The van der Waals surface area contributed by atoms with Crippen LogP contribution in [0.4, 0.5) is 0 Å². The first kappa shape index (κ1) is 18.0. The first-order valence-corrected chi connectivity index (χ1v) is 7.31. The lowest BCUT2D eigenvalue weighted by Crippen LogP contribution is -2.38. The molecule has 7 nitrogen and oxygen atoms in total. The lowest BCUT2D eigenvalue weighted by atomic mass is 10.2. The number of carbonyl (C=O) groups excluding carboxylic acids is 3. The van der Waals surface area contributed by atoms with Crippen molar-refractivity contribution in [3.05, 3.63) is 28.2 Å². The number of rotatable bonds is 7. The number of methoxy groups -OCH3 is 1. The number of halogens is 1. The third kappa shape index (κ3) is 5.72. The molecule has 0 unspecified atom stereocenters. The molecule has 0 aliphatic carbocycles. The number of ether oxygens (including phenoxy) is 2. The molecule has 2 N–H and O–H groups in total. The highest BCUT2D eigenvalue weighted by Crippen LogP contribution is 2.25. The fourth-order valence-electron chi connectivity index (χ4n) is 1.50. The second-order valence-electron chi connectivity index (χ2n) is 4.16. The number of carbonyl (C=O) groups is 3. The normalized spacial score (nSPS) is 9.77.